The van der Waals surface area contributed by atoms with Crippen molar-refractivity contribution in [3.05, 3.63) is 82.2 Å². The van der Waals surface area contributed by atoms with Crippen LogP contribution in [0, 0.1) is 13.8 Å². The minimum absolute atomic E-state index is 0.227. The normalized spacial score (nSPS) is 10.7. The number of hydrogen-bond acceptors (Lipinski definition) is 6. The standard InChI is InChI=1S/C27H31NO6/c1-18-14-23(24(29)17-34-27(30)22-9-6-21(7-10-22)16-31-3)19(2)28(18)13-12-20-8-11-25(32-4)26(15-20)33-5/h6-11,14-15H,12-13,16-17H2,1-5H3. The van der Waals surface area contributed by atoms with Gasteiger partial charge in [0.05, 0.1) is 26.4 Å². The summed E-state index contributed by atoms with van der Waals surface area (Å²) in [6.07, 6.45) is 0.762. The summed E-state index contributed by atoms with van der Waals surface area (Å²) < 4.78 is 23.1. The van der Waals surface area contributed by atoms with Crippen LogP contribution in [0.15, 0.2) is 48.5 Å². The Bertz CT molecular complexity index is 1150. The Morgan fingerprint density at radius 2 is 1.53 bits per heavy atom. The van der Waals surface area contributed by atoms with Gasteiger partial charge >= 0.3 is 5.97 Å². The van der Waals surface area contributed by atoms with Gasteiger partial charge in [-0.15, -0.1) is 0 Å². The summed E-state index contributed by atoms with van der Waals surface area (Å²) >= 11 is 0. The summed E-state index contributed by atoms with van der Waals surface area (Å²) in [6, 6.07) is 14.6. The minimum Gasteiger partial charge on any atom is -0.493 e. The molecule has 1 aromatic heterocycles. The van der Waals surface area contributed by atoms with E-state index in [1.165, 1.54) is 0 Å². The van der Waals surface area contributed by atoms with Gasteiger partial charge < -0.3 is 23.5 Å². The van der Waals surface area contributed by atoms with Crippen molar-refractivity contribution >= 4 is 11.8 Å². The first-order valence-corrected chi connectivity index (χ1v) is 11.0. The van der Waals surface area contributed by atoms with Crippen LogP contribution in [0.5, 0.6) is 11.5 Å². The molecule has 7 heteroatoms. The average Bonchev–Trinajstić information content (AvgIpc) is 3.14. The number of aryl methyl sites for hydroxylation is 2. The van der Waals surface area contributed by atoms with Gasteiger partial charge in [-0.2, -0.15) is 0 Å². The van der Waals surface area contributed by atoms with Crippen LogP contribution < -0.4 is 9.47 Å². The Hall–Kier alpha value is -3.58. The molecule has 0 N–H and O–H groups in total. The maximum absolute atomic E-state index is 12.8. The molecule has 7 nitrogen and oxygen atoms in total. The minimum atomic E-state index is -0.528. The van der Waals surface area contributed by atoms with Gasteiger partial charge in [0.1, 0.15) is 0 Å². The van der Waals surface area contributed by atoms with Crippen molar-refractivity contribution in [1.29, 1.82) is 0 Å². The van der Waals surface area contributed by atoms with Gasteiger partial charge in [-0.05, 0) is 61.7 Å². The Morgan fingerprint density at radius 1 is 0.853 bits per heavy atom. The quantitative estimate of drug-likeness (QED) is 0.305. The number of methoxy groups -OCH3 is 3. The molecular weight excluding hydrogens is 434 g/mol. The molecule has 0 saturated heterocycles. The number of aromatic nitrogens is 1. The third kappa shape index (κ3) is 5.85. The lowest BCUT2D eigenvalue weighted by Crippen LogP contribution is -2.15. The zero-order valence-corrected chi connectivity index (χ0v) is 20.3. The molecular formula is C27H31NO6. The maximum Gasteiger partial charge on any atom is 0.338 e. The van der Waals surface area contributed by atoms with Gasteiger partial charge in [0.2, 0.25) is 5.78 Å². The largest absolute Gasteiger partial charge is 0.493 e. The molecule has 0 bridgehead atoms. The zero-order valence-electron chi connectivity index (χ0n) is 20.3. The molecule has 3 rings (SSSR count). The number of nitrogens with zero attached hydrogens (tertiary/aromatic N) is 1. The first-order chi connectivity index (χ1) is 16.4. The fourth-order valence-electron chi connectivity index (χ4n) is 3.90. The number of ketones is 1. The second-order valence-electron chi connectivity index (χ2n) is 8.01. The van der Waals surface area contributed by atoms with E-state index in [0.29, 0.717) is 35.8 Å². The molecule has 0 amide bonds. The van der Waals surface area contributed by atoms with E-state index in [9.17, 15) is 9.59 Å². The van der Waals surface area contributed by atoms with Crippen LogP contribution in [0.4, 0.5) is 0 Å². The fraction of sp³-hybridized carbons (Fsp3) is 0.333. The van der Waals surface area contributed by atoms with E-state index >= 15 is 0 Å². The Morgan fingerprint density at radius 3 is 2.18 bits per heavy atom. The summed E-state index contributed by atoms with van der Waals surface area (Å²) in [6.45, 7) is 4.74. The van der Waals surface area contributed by atoms with Gasteiger partial charge in [-0.3, -0.25) is 4.79 Å². The van der Waals surface area contributed by atoms with Crippen molar-refractivity contribution in [2.45, 2.75) is 33.4 Å². The van der Waals surface area contributed by atoms with E-state index in [1.807, 2.05) is 38.1 Å². The zero-order chi connectivity index (χ0) is 24.7. The lowest BCUT2D eigenvalue weighted by molar-refractivity contribution is 0.0474. The van der Waals surface area contributed by atoms with Gasteiger partial charge in [0.15, 0.2) is 18.1 Å². The fourth-order valence-corrected chi connectivity index (χ4v) is 3.90. The number of ether oxygens (including phenoxy) is 4. The Balaban J connectivity index is 1.62. The summed E-state index contributed by atoms with van der Waals surface area (Å²) in [7, 11) is 4.84. The Kier molecular flexibility index (Phi) is 8.49. The second kappa shape index (κ2) is 11.5. The van der Waals surface area contributed by atoms with Gasteiger partial charge in [0.25, 0.3) is 0 Å². The van der Waals surface area contributed by atoms with Crippen LogP contribution in [0.2, 0.25) is 0 Å². The van der Waals surface area contributed by atoms with E-state index < -0.39 is 5.97 Å². The number of carbonyl (C=O) groups is 2. The third-order valence-corrected chi connectivity index (χ3v) is 5.78. The number of hydrogen-bond donors (Lipinski definition) is 0. The summed E-state index contributed by atoms with van der Waals surface area (Å²) in [5, 5.41) is 0. The molecule has 3 aromatic rings. The highest BCUT2D eigenvalue weighted by Crippen LogP contribution is 2.28. The van der Waals surface area contributed by atoms with Crippen molar-refractivity contribution < 1.29 is 28.5 Å². The number of benzene rings is 2. The van der Waals surface area contributed by atoms with E-state index in [4.69, 9.17) is 18.9 Å². The summed E-state index contributed by atoms with van der Waals surface area (Å²) in [4.78, 5) is 25.1. The lowest BCUT2D eigenvalue weighted by Gasteiger charge is -2.12. The van der Waals surface area contributed by atoms with Gasteiger partial charge in [0, 0.05) is 30.6 Å². The van der Waals surface area contributed by atoms with Gasteiger partial charge in [-0.25, -0.2) is 4.79 Å². The SMILES string of the molecule is COCc1ccc(C(=O)OCC(=O)c2cc(C)n(CCc3ccc(OC)c(OC)c3)c2C)cc1. The Labute approximate surface area is 200 Å². The van der Waals surface area contributed by atoms with E-state index in [2.05, 4.69) is 4.57 Å². The van der Waals surface area contributed by atoms with Crippen LogP contribution in [-0.2, 0) is 29.0 Å². The average molecular weight is 466 g/mol. The van der Waals surface area contributed by atoms with E-state index in [-0.39, 0.29) is 12.4 Å². The molecule has 0 unspecified atom stereocenters. The first-order valence-electron chi connectivity index (χ1n) is 11.0. The second-order valence-corrected chi connectivity index (χ2v) is 8.01. The monoisotopic (exact) mass is 465 g/mol. The molecule has 34 heavy (non-hydrogen) atoms. The molecule has 0 spiro atoms. The van der Waals surface area contributed by atoms with Crippen LogP contribution in [0.3, 0.4) is 0 Å². The third-order valence-electron chi connectivity index (χ3n) is 5.78. The lowest BCUT2D eigenvalue weighted by atomic mass is 10.1. The van der Waals surface area contributed by atoms with Crippen LogP contribution in [-0.4, -0.2) is 44.3 Å². The van der Waals surface area contributed by atoms with Crippen LogP contribution in [0.1, 0.15) is 43.2 Å². The van der Waals surface area contributed by atoms with E-state index in [1.54, 1.807) is 45.6 Å². The van der Waals surface area contributed by atoms with Crippen LogP contribution in [0.25, 0.3) is 0 Å². The maximum atomic E-state index is 12.8. The van der Waals surface area contributed by atoms with Crippen molar-refractivity contribution in [3.8, 4) is 11.5 Å². The molecule has 0 atom stereocenters. The van der Waals surface area contributed by atoms with Crippen LogP contribution >= 0.6 is 0 Å². The highest BCUT2D eigenvalue weighted by atomic mass is 16.5. The van der Waals surface area contributed by atoms with Gasteiger partial charge in [-0.1, -0.05) is 18.2 Å². The van der Waals surface area contributed by atoms with Crippen molar-refractivity contribution in [2.75, 3.05) is 27.9 Å². The molecule has 0 fully saturated rings. The molecule has 2 aromatic carbocycles. The smallest absolute Gasteiger partial charge is 0.338 e. The molecule has 180 valence electrons. The molecule has 0 radical (unpaired) electrons. The number of rotatable bonds is 11. The molecule has 0 aliphatic heterocycles. The molecule has 1 heterocycles. The summed E-state index contributed by atoms with van der Waals surface area (Å²) in [5.74, 6) is 0.620. The predicted molar refractivity (Wildman–Crippen MR) is 129 cm³/mol. The van der Waals surface area contributed by atoms with Crippen molar-refractivity contribution in [3.63, 3.8) is 0 Å². The number of esters is 1. The summed E-state index contributed by atoms with van der Waals surface area (Å²) in [5.41, 5.74) is 4.84. The first kappa shape index (κ1) is 25.1. The predicted octanol–water partition coefficient (Wildman–Crippen LogP) is 4.55. The highest BCUT2D eigenvalue weighted by molar-refractivity contribution is 6.00. The number of Topliss-reactive ketones (excluding diaryl/α,β-unsaturated/α-hetero) is 1. The van der Waals surface area contributed by atoms with E-state index in [0.717, 1.165) is 28.9 Å². The van der Waals surface area contributed by atoms with Crippen molar-refractivity contribution in [1.82, 2.24) is 4.57 Å². The molecule has 0 saturated carbocycles. The molecule has 0 aliphatic carbocycles. The number of carbonyl (C=O) groups excluding carboxylic acids is 2. The topological polar surface area (TPSA) is 76.0 Å². The van der Waals surface area contributed by atoms with Crippen molar-refractivity contribution in [2.24, 2.45) is 0 Å². The molecule has 0 aliphatic rings. The highest BCUT2D eigenvalue weighted by Gasteiger charge is 2.18.